The van der Waals surface area contributed by atoms with E-state index < -0.39 is 10.0 Å². The van der Waals surface area contributed by atoms with Gasteiger partial charge in [-0.3, -0.25) is 0 Å². The van der Waals surface area contributed by atoms with Crippen molar-refractivity contribution in [2.75, 3.05) is 0 Å². The van der Waals surface area contributed by atoms with Crippen molar-refractivity contribution >= 4 is 20.8 Å². The molecule has 1 saturated carbocycles. The van der Waals surface area contributed by atoms with Crippen LogP contribution in [0.5, 0.6) is 0 Å². The molecule has 2 unspecified atom stereocenters. The van der Waals surface area contributed by atoms with Crippen LogP contribution in [-0.4, -0.2) is 20.5 Å². The molecule has 3 rings (SSSR count). The van der Waals surface area contributed by atoms with E-state index in [1.807, 2.05) is 30.3 Å². The zero-order valence-corrected chi connectivity index (χ0v) is 12.6. The molecule has 2 aromatic carbocycles. The van der Waals surface area contributed by atoms with Crippen LogP contribution in [0.15, 0.2) is 47.4 Å². The standard InChI is InChI=1S/C16H20N2O2S/c17-15-7-3-4-8-16(15)18-21(19,20)14-10-9-12-5-1-2-6-13(12)11-14/h1-2,5-6,9-11,15-16,18H,3-4,7-8,17H2. The topological polar surface area (TPSA) is 72.2 Å². The van der Waals surface area contributed by atoms with Crippen LogP contribution in [0.1, 0.15) is 25.7 Å². The van der Waals surface area contributed by atoms with E-state index in [4.69, 9.17) is 5.73 Å². The number of fused-ring (bicyclic) bond motifs is 1. The average molecular weight is 304 g/mol. The Balaban J connectivity index is 1.88. The summed E-state index contributed by atoms with van der Waals surface area (Å²) in [5.74, 6) is 0. The van der Waals surface area contributed by atoms with E-state index in [1.54, 1.807) is 12.1 Å². The van der Waals surface area contributed by atoms with Crippen LogP contribution in [-0.2, 0) is 10.0 Å². The molecule has 0 bridgehead atoms. The lowest BCUT2D eigenvalue weighted by atomic mass is 9.92. The highest BCUT2D eigenvalue weighted by Crippen LogP contribution is 2.22. The first-order chi connectivity index (χ1) is 10.1. The first-order valence-corrected chi connectivity index (χ1v) is 8.81. The highest BCUT2D eigenvalue weighted by molar-refractivity contribution is 7.89. The predicted octanol–water partition coefficient (Wildman–Crippen LogP) is 2.39. The summed E-state index contributed by atoms with van der Waals surface area (Å²) in [5, 5.41) is 1.96. The van der Waals surface area contributed by atoms with E-state index >= 15 is 0 Å². The van der Waals surface area contributed by atoms with Crippen molar-refractivity contribution in [3.05, 3.63) is 42.5 Å². The van der Waals surface area contributed by atoms with Gasteiger partial charge in [0, 0.05) is 12.1 Å². The monoisotopic (exact) mass is 304 g/mol. The Bertz CT molecular complexity index is 743. The van der Waals surface area contributed by atoms with Gasteiger partial charge >= 0.3 is 0 Å². The van der Waals surface area contributed by atoms with Crippen LogP contribution in [0.2, 0.25) is 0 Å². The van der Waals surface area contributed by atoms with Crippen molar-refractivity contribution in [3.63, 3.8) is 0 Å². The Morgan fingerprint density at radius 1 is 1.00 bits per heavy atom. The molecule has 0 heterocycles. The molecule has 0 amide bonds. The maximum atomic E-state index is 12.5. The van der Waals surface area contributed by atoms with Gasteiger partial charge in [-0.15, -0.1) is 0 Å². The summed E-state index contributed by atoms with van der Waals surface area (Å²) in [6.45, 7) is 0. The number of benzene rings is 2. The molecule has 4 nitrogen and oxygen atoms in total. The third-order valence-corrected chi connectivity index (χ3v) is 5.64. The molecular formula is C16H20N2O2S. The van der Waals surface area contributed by atoms with Crippen molar-refractivity contribution in [3.8, 4) is 0 Å². The Kier molecular flexibility index (Phi) is 3.97. The molecule has 112 valence electrons. The maximum absolute atomic E-state index is 12.5. The van der Waals surface area contributed by atoms with E-state index in [0.29, 0.717) is 4.90 Å². The molecule has 21 heavy (non-hydrogen) atoms. The summed E-state index contributed by atoms with van der Waals surface area (Å²) in [6, 6.07) is 12.7. The summed E-state index contributed by atoms with van der Waals surface area (Å²) >= 11 is 0. The van der Waals surface area contributed by atoms with Crippen molar-refractivity contribution in [2.24, 2.45) is 5.73 Å². The highest BCUT2D eigenvalue weighted by atomic mass is 32.2. The Morgan fingerprint density at radius 3 is 2.48 bits per heavy atom. The minimum absolute atomic E-state index is 0.0889. The van der Waals surface area contributed by atoms with E-state index in [9.17, 15) is 8.42 Å². The van der Waals surface area contributed by atoms with E-state index in [1.165, 1.54) is 0 Å². The lowest BCUT2D eigenvalue weighted by Crippen LogP contribution is -2.49. The largest absolute Gasteiger partial charge is 0.326 e. The second-order valence-corrected chi connectivity index (χ2v) is 7.40. The van der Waals surface area contributed by atoms with Gasteiger partial charge in [-0.2, -0.15) is 0 Å². The third-order valence-electron chi connectivity index (χ3n) is 4.16. The van der Waals surface area contributed by atoms with Crippen LogP contribution in [0.4, 0.5) is 0 Å². The van der Waals surface area contributed by atoms with Gasteiger partial charge in [-0.25, -0.2) is 13.1 Å². The molecule has 1 aliphatic rings. The SMILES string of the molecule is NC1CCCCC1NS(=O)(=O)c1ccc2ccccc2c1. The summed E-state index contributed by atoms with van der Waals surface area (Å²) < 4.78 is 27.8. The number of rotatable bonds is 3. The first kappa shape index (κ1) is 14.5. The molecule has 0 aliphatic heterocycles. The van der Waals surface area contributed by atoms with Gasteiger partial charge in [0.2, 0.25) is 10.0 Å². The van der Waals surface area contributed by atoms with Crippen molar-refractivity contribution in [2.45, 2.75) is 42.7 Å². The van der Waals surface area contributed by atoms with E-state index in [0.717, 1.165) is 36.5 Å². The lowest BCUT2D eigenvalue weighted by molar-refractivity contribution is 0.361. The van der Waals surface area contributed by atoms with Crippen molar-refractivity contribution in [1.82, 2.24) is 4.72 Å². The number of nitrogens with one attached hydrogen (secondary N) is 1. The molecule has 2 aromatic rings. The van der Waals surface area contributed by atoms with Gasteiger partial charge < -0.3 is 5.73 Å². The van der Waals surface area contributed by atoms with Gasteiger partial charge in [0.1, 0.15) is 0 Å². The minimum atomic E-state index is -3.51. The molecule has 0 aromatic heterocycles. The molecule has 3 N–H and O–H groups in total. The smallest absolute Gasteiger partial charge is 0.240 e. The number of hydrogen-bond donors (Lipinski definition) is 2. The Morgan fingerprint density at radius 2 is 1.71 bits per heavy atom. The van der Waals surface area contributed by atoms with Crippen LogP contribution < -0.4 is 10.5 Å². The fraction of sp³-hybridized carbons (Fsp3) is 0.375. The van der Waals surface area contributed by atoms with Gasteiger partial charge in [0.25, 0.3) is 0 Å². The zero-order valence-electron chi connectivity index (χ0n) is 11.8. The summed E-state index contributed by atoms with van der Waals surface area (Å²) in [7, 11) is -3.51. The predicted molar refractivity (Wildman–Crippen MR) is 84.5 cm³/mol. The number of nitrogens with two attached hydrogens (primary N) is 1. The van der Waals surface area contributed by atoms with E-state index in [-0.39, 0.29) is 12.1 Å². The summed E-state index contributed by atoms with van der Waals surface area (Å²) in [6.07, 6.45) is 3.80. The molecule has 2 atom stereocenters. The third kappa shape index (κ3) is 3.10. The van der Waals surface area contributed by atoms with Gasteiger partial charge in [0.15, 0.2) is 0 Å². The number of sulfonamides is 1. The number of hydrogen-bond acceptors (Lipinski definition) is 3. The molecule has 0 radical (unpaired) electrons. The maximum Gasteiger partial charge on any atom is 0.240 e. The van der Waals surface area contributed by atoms with Crippen molar-refractivity contribution < 1.29 is 8.42 Å². The molecule has 1 aliphatic carbocycles. The molecule has 5 heteroatoms. The first-order valence-electron chi connectivity index (χ1n) is 7.33. The van der Waals surface area contributed by atoms with Crippen LogP contribution in [0.3, 0.4) is 0 Å². The molecule has 0 saturated heterocycles. The molecule has 1 fully saturated rings. The minimum Gasteiger partial charge on any atom is -0.326 e. The second kappa shape index (κ2) is 5.75. The molecule has 0 spiro atoms. The average Bonchev–Trinajstić information content (AvgIpc) is 2.49. The highest BCUT2D eigenvalue weighted by Gasteiger charge is 2.27. The summed E-state index contributed by atoms with van der Waals surface area (Å²) in [4.78, 5) is 0.305. The van der Waals surface area contributed by atoms with E-state index in [2.05, 4.69) is 4.72 Å². The summed E-state index contributed by atoms with van der Waals surface area (Å²) in [5.41, 5.74) is 6.03. The second-order valence-electron chi connectivity index (χ2n) is 5.69. The Labute approximate surface area is 125 Å². The molecular weight excluding hydrogens is 284 g/mol. The normalized spacial score (nSPS) is 23.3. The lowest BCUT2D eigenvalue weighted by Gasteiger charge is -2.29. The van der Waals surface area contributed by atoms with Gasteiger partial charge in [-0.05, 0) is 35.7 Å². The fourth-order valence-electron chi connectivity index (χ4n) is 2.91. The van der Waals surface area contributed by atoms with Crippen LogP contribution >= 0.6 is 0 Å². The fourth-order valence-corrected chi connectivity index (χ4v) is 4.26. The van der Waals surface area contributed by atoms with Crippen LogP contribution in [0.25, 0.3) is 10.8 Å². The van der Waals surface area contributed by atoms with Crippen LogP contribution in [0, 0.1) is 0 Å². The van der Waals surface area contributed by atoms with Gasteiger partial charge in [0.05, 0.1) is 4.90 Å². The van der Waals surface area contributed by atoms with Gasteiger partial charge in [-0.1, -0.05) is 43.2 Å². The zero-order chi connectivity index (χ0) is 14.9. The van der Waals surface area contributed by atoms with Crippen molar-refractivity contribution in [1.29, 1.82) is 0 Å². The Hall–Kier alpha value is -1.43. The quantitative estimate of drug-likeness (QED) is 0.914.